The van der Waals surface area contributed by atoms with Crippen LogP contribution in [0.2, 0.25) is 0 Å². The Bertz CT molecular complexity index is 681. The van der Waals surface area contributed by atoms with E-state index in [-0.39, 0.29) is 12.2 Å². The molecule has 2 rings (SSSR count). The maximum atomic E-state index is 11.8. The SMILES string of the molecule is Cc1ccc(-c2cc(C)nc(N(C)CCO)c2C(=O)O)cc1. The maximum Gasteiger partial charge on any atom is 0.340 e. The van der Waals surface area contributed by atoms with Gasteiger partial charge in [0, 0.05) is 24.8 Å². The van der Waals surface area contributed by atoms with Gasteiger partial charge in [-0.05, 0) is 25.5 Å². The van der Waals surface area contributed by atoms with Crippen LogP contribution in [0.1, 0.15) is 21.6 Å². The first-order valence-corrected chi connectivity index (χ1v) is 7.08. The van der Waals surface area contributed by atoms with Gasteiger partial charge in [0.15, 0.2) is 0 Å². The van der Waals surface area contributed by atoms with E-state index in [1.165, 1.54) is 0 Å². The Kier molecular flexibility index (Phi) is 4.78. The lowest BCUT2D eigenvalue weighted by atomic mass is 9.98. The summed E-state index contributed by atoms with van der Waals surface area (Å²) >= 11 is 0. The second kappa shape index (κ2) is 6.58. The fourth-order valence-electron chi connectivity index (χ4n) is 2.36. The third-order valence-corrected chi connectivity index (χ3v) is 3.50. The van der Waals surface area contributed by atoms with E-state index in [9.17, 15) is 9.90 Å². The second-order valence-electron chi connectivity index (χ2n) is 5.33. The fourth-order valence-corrected chi connectivity index (χ4v) is 2.36. The van der Waals surface area contributed by atoms with Gasteiger partial charge >= 0.3 is 5.97 Å². The zero-order chi connectivity index (χ0) is 16.3. The number of carboxylic acid groups (broad SMARTS) is 1. The highest BCUT2D eigenvalue weighted by atomic mass is 16.4. The molecule has 0 aliphatic rings. The van der Waals surface area contributed by atoms with Crippen LogP contribution in [-0.2, 0) is 0 Å². The molecule has 1 aromatic carbocycles. The van der Waals surface area contributed by atoms with Crippen LogP contribution in [0.4, 0.5) is 5.82 Å². The van der Waals surface area contributed by atoms with Gasteiger partial charge in [-0.25, -0.2) is 9.78 Å². The number of likely N-dealkylation sites (N-methyl/N-ethyl adjacent to an activating group) is 1. The molecule has 0 radical (unpaired) electrons. The van der Waals surface area contributed by atoms with Crippen molar-refractivity contribution >= 4 is 11.8 Å². The summed E-state index contributed by atoms with van der Waals surface area (Å²) < 4.78 is 0. The number of hydrogen-bond acceptors (Lipinski definition) is 4. The molecule has 0 bridgehead atoms. The van der Waals surface area contributed by atoms with Crippen LogP contribution in [0.5, 0.6) is 0 Å². The van der Waals surface area contributed by atoms with Crippen LogP contribution in [0.15, 0.2) is 30.3 Å². The summed E-state index contributed by atoms with van der Waals surface area (Å²) in [5, 5.41) is 18.7. The number of nitrogens with zero attached hydrogens (tertiary/aromatic N) is 2. The fraction of sp³-hybridized carbons (Fsp3) is 0.294. The number of aromatic carboxylic acids is 1. The van der Waals surface area contributed by atoms with Crippen molar-refractivity contribution in [1.29, 1.82) is 0 Å². The lowest BCUT2D eigenvalue weighted by Gasteiger charge is -2.21. The van der Waals surface area contributed by atoms with E-state index in [1.807, 2.05) is 38.1 Å². The molecule has 0 spiro atoms. The summed E-state index contributed by atoms with van der Waals surface area (Å²) in [6.07, 6.45) is 0. The number of aliphatic hydroxyl groups is 1. The molecule has 0 aliphatic heterocycles. The molecular weight excluding hydrogens is 280 g/mol. The number of benzene rings is 1. The average Bonchev–Trinajstić information content (AvgIpc) is 2.47. The number of aliphatic hydroxyl groups excluding tert-OH is 1. The summed E-state index contributed by atoms with van der Waals surface area (Å²) in [5.74, 6) is -0.653. The number of carboxylic acids is 1. The molecule has 0 unspecified atom stereocenters. The van der Waals surface area contributed by atoms with Gasteiger partial charge in [-0.3, -0.25) is 0 Å². The highest BCUT2D eigenvalue weighted by molar-refractivity contribution is 6.01. The Balaban J connectivity index is 2.67. The van der Waals surface area contributed by atoms with E-state index in [0.29, 0.717) is 17.9 Å². The molecule has 0 atom stereocenters. The van der Waals surface area contributed by atoms with Crippen molar-refractivity contribution in [2.45, 2.75) is 13.8 Å². The molecule has 2 N–H and O–H groups in total. The second-order valence-corrected chi connectivity index (χ2v) is 5.33. The van der Waals surface area contributed by atoms with Gasteiger partial charge in [0.05, 0.1) is 6.61 Å². The average molecular weight is 300 g/mol. The van der Waals surface area contributed by atoms with E-state index in [4.69, 9.17) is 5.11 Å². The van der Waals surface area contributed by atoms with Crippen LogP contribution < -0.4 is 4.90 Å². The van der Waals surface area contributed by atoms with Gasteiger partial charge in [-0.1, -0.05) is 29.8 Å². The van der Waals surface area contributed by atoms with Gasteiger partial charge in [0.25, 0.3) is 0 Å². The quantitative estimate of drug-likeness (QED) is 0.887. The van der Waals surface area contributed by atoms with Gasteiger partial charge < -0.3 is 15.1 Å². The summed E-state index contributed by atoms with van der Waals surface area (Å²) in [5.41, 5.74) is 3.49. The van der Waals surface area contributed by atoms with Crippen LogP contribution in [0.3, 0.4) is 0 Å². The molecule has 0 saturated carbocycles. The highest BCUT2D eigenvalue weighted by Gasteiger charge is 2.21. The molecule has 1 heterocycles. The number of aromatic nitrogens is 1. The molecule has 0 saturated heterocycles. The minimum absolute atomic E-state index is 0.0644. The van der Waals surface area contributed by atoms with Crippen LogP contribution in [0.25, 0.3) is 11.1 Å². The minimum atomic E-state index is -1.03. The number of carbonyl (C=O) groups is 1. The van der Waals surface area contributed by atoms with Crippen molar-refractivity contribution in [3.8, 4) is 11.1 Å². The Hall–Kier alpha value is -2.40. The third-order valence-electron chi connectivity index (χ3n) is 3.50. The zero-order valence-electron chi connectivity index (χ0n) is 13.0. The lowest BCUT2D eigenvalue weighted by Crippen LogP contribution is -2.25. The van der Waals surface area contributed by atoms with E-state index >= 15 is 0 Å². The van der Waals surface area contributed by atoms with Gasteiger partial charge in [-0.15, -0.1) is 0 Å². The monoisotopic (exact) mass is 300 g/mol. The molecule has 2 aromatic rings. The predicted octanol–water partition coefficient (Wildman–Crippen LogP) is 2.49. The molecule has 5 nitrogen and oxygen atoms in total. The number of hydrogen-bond donors (Lipinski definition) is 2. The molecule has 0 amide bonds. The van der Waals surface area contributed by atoms with E-state index in [1.54, 1.807) is 18.0 Å². The zero-order valence-corrected chi connectivity index (χ0v) is 13.0. The molecule has 116 valence electrons. The Morgan fingerprint density at radius 1 is 1.23 bits per heavy atom. The maximum absolute atomic E-state index is 11.8. The predicted molar refractivity (Wildman–Crippen MR) is 86.5 cm³/mol. The first-order valence-electron chi connectivity index (χ1n) is 7.08. The van der Waals surface area contributed by atoms with Crippen LogP contribution in [0, 0.1) is 13.8 Å². The molecule has 22 heavy (non-hydrogen) atoms. The Morgan fingerprint density at radius 3 is 2.41 bits per heavy atom. The standard InChI is InChI=1S/C17H20N2O3/c1-11-4-6-13(7-5-11)14-10-12(2)18-16(15(14)17(21)22)19(3)8-9-20/h4-7,10,20H,8-9H2,1-3H3,(H,21,22). The van der Waals surface area contributed by atoms with Crippen LogP contribution in [-0.4, -0.2) is 41.4 Å². The summed E-state index contributed by atoms with van der Waals surface area (Å²) in [6.45, 7) is 4.08. The largest absolute Gasteiger partial charge is 0.478 e. The van der Waals surface area contributed by atoms with E-state index < -0.39 is 5.97 Å². The number of anilines is 1. The summed E-state index contributed by atoms with van der Waals surface area (Å²) in [4.78, 5) is 17.8. The van der Waals surface area contributed by atoms with Crippen molar-refractivity contribution in [3.05, 3.63) is 47.2 Å². The van der Waals surface area contributed by atoms with Crippen LogP contribution >= 0.6 is 0 Å². The van der Waals surface area contributed by atoms with Crippen molar-refractivity contribution in [2.24, 2.45) is 0 Å². The number of pyridine rings is 1. The number of aryl methyl sites for hydroxylation is 2. The van der Waals surface area contributed by atoms with Crippen molar-refractivity contribution in [3.63, 3.8) is 0 Å². The normalized spacial score (nSPS) is 10.5. The van der Waals surface area contributed by atoms with Gasteiger partial charge in [-0.2, -0.15) is 0 Å². The Labute approximate surface area is 129 Å². The number of rotatable bonds is 5. The van der Waals surface area contributed by atoms with Crippen molar-refractivity contribution in [2.75, 3.05) is 25.1 Å². The van der Waals surface area contributed by atoms with Crippen molar-refractivity contribution < 1.29 is 15.0 Å². The Morgan fingerprint density at radius 2 is 1.86 bits per heavy atom. The first-order chi connectivity index (χ1) is 10.4. The van der Waals surface area contributed by atoms with Gasteiger partial charge in [0.1, 0.15) is 11.4 Å². The highest BCUT2D eigenvalue weighted by Crippen LogP contribution is 2.31. The van der Waals surface area contributed by atoms with E-state index in [2.05, 4.69) is 4.98 Å². The third kappa shape index (κ3) is 3.26. The van der Waals surface area contributed by atoms with Crippen molar-refractivity contribution in [1.82, 2.24) is 4.98 Å². The van der Waals surface area contributed by atoms with E-state index in [0.717, 1.165) is 16.8 Å². The summed E-state index contributed by atoms with van der Waals surface area (Å²) in [6, 6.07) is 9.50. The van der Waals surface area contributed by atoms with Gasteiger partial charge in [0.2, 0.25) is 0 Å². The molecule has 1 aromatic heterocycles. The molecule has 0 aliphatic carbocycles. The smallest absolute Gasteiger partial charge is 0.340 e. The molecule has 0 fully saturated rings. The summed E-state index contributed by atoms with van der Waals surface area (Å²) in [7, 11) is 1.73. The minimum Gasteiger partial charge on any atom is -0.478 e. The molecular formula is C17H20N2O3. The first kappa shape index (κ1) is 16.0. The molecule has 5 heteroatoms. The topological polar surface area (TPSA) is 73.7 Å². The lowest BCUT2D eigenvalue weighted by molar-refractivity contribution is 0.0698.